The van der Waals surface area contributed by atoms with Crippen LogP contribution in [0.4, 0.5) is 0 Å². The van der Waals surface area contributed by atoms with Crippen LogP contribution in [0.5, 0.6) is 5.75 Å². The number of thioether (sulfide) groups is 2. The first kappa shape index (κ1) is 14.1. The van der Waals surface area contributed by atoms with E-state index in [1.807, 2.05) is 23.9 Å². The monoisotopic (exact) mass is 283 g/mol. The zero-order valence-corrected chi connectivity index (χ0v) is 12.6. The molecule has 2 nitrogen and oxygen atoms in total. The molecule has 1 aromatic rings. The lowest BCUT2D eigenvalue weighted by Gasteiger charge is -2.34. The summed E-state index contributed by atoms with van der Waals surface area (Å²) in [6, 6.07) is 8.30. The minimum Gasteiger partial charge on any atom is -0.497 e. The third-order valence-electron chi connectivity index (χ3n) is 3.35. The molecule has 4 heteroatoms. The van der Waals surface area contributed by atoms with Gasteiger partial charge in [0.05, 0.1) is 7.11 Å². The van der Waals surface area contributed by atoms with Crippen molar-refractivity contribution in [1.82, 2.24) is 0 Å². The molecule has 1 saturated heterocycles. The molecule has 3 unspecified atom stereocenters. The molecular formula is C14H21NOS2. The summed E-state index contributed by atoms with van der Waals surface area (Å²) < 4.78 is 5.19. The van der Waals surface area contributed by atoms with Crippen LogP contribution in [0.1, 0.15) is 24.9 Å². The molecule has 2 rings (SSSR count). The maximum absolute atomic E-state index is 6.45. The lowest BCUT2D eigenvalue weighted by molar-refractivity contribution is 0.414. The Morgan fingerprint density at radius 1 is 1.28 bits per heavy atom. The van der Waals surface area contributed by atoms with E-state index in [0.29, 0.717) is 10.5 Å². The fourth-order valence-corrected chi connectivity index (χ4v) is 5.47. The number of hydrogen-bond acceptors (Lipinski definition) is 4. The number of ether oxygens (including phenoxy) is 1. The molecule has 1 heterocycles. The van der Waals surface area contributed by atoms with Crippen LogP contribution in [0.3, 0.4) is 0 Å². The molecule has 0 aliphatic carbocycles. The summed E-state index contributed by atoms with van der Waals surface area (Å²) in [5, 5.41) is 1.21. The molecule has 0 radical (unpaired) electrons. The van der Waals surface area contributed by atoms with Gasteiger partial charge in [0.15, 0.2) is 0 Å². The SMILES string of the molecule is CCC1SCCSC1C(N)c1ccc(OC)cc1. The van der Waals surface area contributed by atoms with E-state index in [0.717, 1.165) is 5.75 Å². The normalized spacial score (nSPS) is 25.7. The van der Waals surface area contributed by atoms with Crippen LogP contribution in [0.15, 0.2) is 24.3 Å². The minimum absolute atomic E-state index is 0.124. The maximum Gasteiger partial charge on any atom is 0.118 e. The van der Waals surface area contributed by atoms with Gasteiger partial charge in [0.25, 0.3) is 0 Å². The lowest BCUT2D eigenvalue weighted by atomic mass is 10.0. The largest absolute Gasteiger partial charge is 0.497 e. The Bertz CT molecular complexity index is 369. The van der Waals surface area contributed by atoms with E-state index in [9.17, 15) is 0 Å². The highest BCUT2D eigenvalue weighted by Crippen LogP contribution is 2.39. The quantitative estimate of drug-likeness (QED) is 0.919. The van der Waals surface area contributed by atoms with Crippen molar-refractivity contribution in [2.45, 2.75) is 29.9 Å². The fraction of sp³-hybridized carbons (Fsp3) is 0.571. The topological polar surface area (TPSA) is 35.2 Å². The highest BCUT2D eigenvalue weighted by Gasteiger charge is 2.30. The molecule has 0 spiro atoms. The number of nitrogens with two attached hydrogens (primary N) is 1. The van der Waals surface area contributed by atoms with Gasteiger partial charge in [0.2, 0.25) is 0 Å². The molecule has 100 valence electrons. The van der Waals surface area contributed by atoms with E-state index in [4.69, 9.17) is 10.5 Å². The fourth-order valence-electron chi connectivity index (χ4n) is 2.29. The number of rotatable bonds is 4. The van der Waals surface area contributed by atoms with E-state index >= 15 is 0 Å². The van der Waals surface area contributed by atoms with Gasteiger partial charge in [-0.1, -0.05) is 19.1 Å². The van der Waals surface area contributed by atoms with Crippen molar-refractivity contribution in [3.05, 3.63) is 29.8 Å². The second kappa shape index (κ2) is 6.73. The average Bonchev–Trinajstić information content (AvgIpc) is 2.46. The Kier molecular flexibility index (Phi) is 5.27. The molecule has 0 aromatic heterocycles. The van der Waals surface area contributed by atoms with Crippen molar-refractivity contribution in [3.63, 3.8) is 0 Å². The van der Waals surface area contributed by atoms with Crippen LogP contribution >= 0.6 is 23.5 Å². The predicted molar refractivity (Wildman–Crippen MR) is 82.7 cm³/mol. The predicted octanol–water partition coefficient (Wildman–Crippen LogP) is 3.32. The van der Waals surface area contributed by atoms with E-state index in [2.05, 4.69) is 30.8 Å². The van der Waals surface area contributed by atoms with Crippen molar-refractivity contribution < 1.29 is 4.74 Å². The Morgan fingerprint density at radius 3 is 2.56 bits per heavy atom. The van der Waals surface area contributed by atoms with Gasteiger partial charge in [0.1, 0.15) is 5.75 Å². The van der Waals surface area contributed by atoms with E-state index in [1.165, 1.54) is 23.5 Å². The van der Waals surface area contributed by atoms with E-state index in [1.54, 1.807) is 7.11 Å². The molecular weight excluding hydrogens is 262 g/mol. The van der Waals surface area contributed by atoms with Crippen LogP contribution < -0.4 is 10.5 Å². The van der Waals surface area contributed by atoms with Gasteiger partial charge in [-0.3, -0.25) is 0 Å². The Hall–Kier alpha value is -0.320. The summed E-state index contributed by atoms with van der Waals surface area (Å²) in [6.45, 7) is 2.26. The van der Waals surface area contributed by atoms with E-state index < -0.39 is 0 Å². The lowest BCUT2D eigenvalue weighted by Crippen LogP contribution is -2.35. The summed E-state index contributed by atoms with van der Waals surface area (Å²) in [6.07, 6.45) is 1.20. The second-order valence-electron chi connectivity index (χ2n) is 4.45. The molecule has 1 aliphatic heterocycles. The average molecular weight is 283 g/mol. The molecule has 0 bridgehead atoms. The first-order chi connectivity index (χ1) is 8.76. The maximum atomic E-state index is 6.45. The molecule has 1 fully saturated rings. The minimum atomic E-state index is 0.124. The summed E-state index contributed by atoms with van der Waals surface area (Å²) in [7, 11) is 1.69. The Balaban J connectivity index is 2.10. The molecule has 0 amide bonds. The zero-order valence-electron chi connectivity index (χ0n) is 11.0. The highest BCUT2D eigenvalue weighted by atomic mass is 32.2. The number of hydrogen-bond donors (Lipinski definition) is 1. The summed E-state index contributed by atoms with van der Waals surface area (Å²) in [5.74, 6) is 3.37. The molecule has 1 aliphatic rings. The third kappa shape index (κ3) is 3.16. The second-order valence-corrected chi connectivity index (χ2v) is 7.08. The van der Waals surface area contributed by atoms with Crippen molar-refractivity contribution in [2.75, 3.05) is 18.6 Å². The van der Waals surface area contributed by atoms with Gasteiger partial charge in [0, 0.05) is 28.0 Å². The molecule has 2 N–H and O–H groups in total. The van der Waals surface area contributed by atoms with Crippen LogP contribution in [0.2, 0.25) is 0 Å². The van der Waals surface area contributed by atoms with Gasteiger partial charge < -0.3 is 10.5 Å². The highest BCUT2D eigenvalue weighted by molar-refractivity contribution is 8.07. The van der Waals surface area contributed by atoms with Crippen molar-refractivity contribution in [1.29, 1.82) is 0 Å². The standard InChI is InChI=1S/C14H21NOS2/c1-3-12-14(18-9-8-17-12)13(15)10-4-6-11(16-2)7-5-10/h4-7,12-14H,3,8-9,15H2,1-2H3. The van der Waals surface area contributed by atoms with Gasteiger partial charge >= 0.3 is 0 Å². The molecule has 18 heavy (non-hydrogen) atoms. The van der Waals surface area contributed by atoms with E-state index in [-0.39, 0.29) is 6.04 Å². The Labute approximate surface area is 118 Å². The first-order valence-electron chi connectivity index (χ1n) is 6.39. The van der Waals surface area contributed by atoms with Crippen LogP contribution in [0, 0.1) is 0 Å². The smallest absolute Gasteiger partial charge is 0.118 e. The van der Waals surface area contributed by atoms with Gasteiger partial charge in [-0.25, -0.2) is 0 Å². The molecule has 1 aromatic carbocycles. The number of methoxy groups -OCH3 is 1. The third-order valence-corrected chi connectivity index (χ3v) is 6.72. The summed E-state index contributed by atoms with van der Waals surface area (Å²) in [4.78, 5) is 0. The molecule has 3 atom stereocenters. The van der Waals surface area contributed by atoms with Gasteiger partial charge in [-0.15, -0.1) is 0 Å². The first-order valence-corrected chi connectivity index (χ1v) is 8.48. The van der Waals surface area contributed by atoms with Crippen molar-refractivity contribution >= 4 is 23.5 Å². The van der Waals surface area contributed by atoms with Crippen LogP contribution in [0.25, 0.3) is 0 Å². The van der Waals surface area contributed by atoms with Crippen LogP contribution in [-0.2, 0) is 0 Å². The van der Waals surface area contributed by atoms with Gasteiger partial charge in [-0.05, 0) is 24.1 Å². The zero-order chi connectivity index (χ0) is 13.0. The Morgan fingerprint density at radius 2 is 1.94 bits per heavy atom. The number of benzene rings is 1. The van der Waals surface area contributed by atoms with Crippen LogP contribution in [-0.4, -0.2) is 29.1 Å². The summed E-state index contributed by atoms with van der Waals surface area (Å²) >= 11 is 4.11. The van der Waals surface area contributed by atoms with Crippen molar-refractivity contribution in [2.24, 2.45) is 5.73 Å². The van der Waals surface area contributed by atoms with Gasteiger partial charge in [-0.2, -0.15) is 23.5 Å². The summed E-state index contributed by atoms with van der Waals surface area (Å²) in [5.41, 5.74) is 7.67. The van der Waals surface area contributed by atoms with Crippen molar-refractivity contribution in [3.8, 4) is 5.75 Å². The molecule has 0 saturated carbocycles.